The van der Waals surface area contributed by atoms with Crippen molar-refractivity contribution in [3.8, 4) is 0 Å². The van der Waals surface area contributed by atoms with Crippen LogP contribution in [0.5, 0.6) is 0 Å². The van der Waals surface area contributed by atoms with E-state index < -0.39 is 5.54 Å². The van der Waals surface area contributed by atoms with Crippen molar-refractivity contribution in [2.75, 3.05) is 33.2 Å². The van der Waals surface area contributed by atoms with Crippen LogP contribution in [0.3, 0.4) is 0 Å². The zero-order chi connectivity index (χ0) is 14.2. The van der Waals surface area contributed by atoms with Crippen LogP contribution < -0.4 is 5.32 Å². The average molecular weight is 279 g/mol. The van der Waals surface area contributed by atoms with E-state index in [1.165, 1.54) is 12.8 Å². The fraction of sp³-hybridized carbons (Fsp3) is 0.867. The van der Waals surface area contributed by atoms with Gasteiger partial charge in [-0.1, -0.05) is 12.8 Å². The highest BCUT2D eigenvalue weighted by Crippen LogP contribution is 2.33. The molecular weight excluding hydrogens is 254 g/mol. The lowest BCUT2D eigenvalue weighted by atomic mass is 9.91. The van der Waals surface area contributed by atoms with Crippen LogP contribution in [0.2, 0.25) is 0 Å². The van der Waals surface area contributed by atoms with Gasteiger partial charge in [0.15, 0.2) is 0 Å². The predicted octanol–water partition coefficient (Wildman–Crippen LogP) is 0.599. The van der Waals surface area contributed by atoms with Gasteiger partial charge >= 0.3 is 0 Å². The molecule has 1 N–H and O–H groups in total. The first-order chi connectivity index (χ1) is 9.59. The Labute approximate surface area is 120 Å². The van der Waals surface area contributed by atoms with Gasteiger partial charge in [0, 0.05) is 13.1 Å². The minimum Gasteiger partial charge on any atom is -0.340 e. The number of likely N-dealkylation sites (tertiary alicyclic amines) is 1. The first-order valence-corrected chi connectivity index (χ1v) is 7.88. The Kier molecular flexibility index (Phi) is 3.71. The van der Waals surface area contributed by atoms with Gasteiger partial charge in [0.25, 0.3) is 0 Å². The molecule has 0 aromatic heterocycles. The van der Waals surface area contributed by atoms with Gasteiger partial charge in [-0.2, -0.15) is 0 Å². The van der Waals surface area contributed by atoms with Crippen molar-refractivity contribution in [1.82, 2.24) is 15.1 Å². The number of piperazine rings is 1. The molecule has 1 unspecified atom stereocenters. The van der Waals surface area contributed by atoms with Gasteiger partial charge in [-0.15, -0.1) is 0 Å². The minimum atomic E-state index is -0.560. The van der Waals surface area contributed by atoms with Crippen molar-refractivity contribution in [3.05, 3.63) is 0 Å². The van der Waals surface area contributed by atoms with Crippen molar-refractivity contribution in [2.45, 2.75) is 44.1 Å². The standard InChI is InChI=1S/C15H25N3O2/c1-17-8-4-5-12(9-17)10-18-11-13(19)16-15(14(18)20)6-2-3-7-15/h12H,2-11H2,1H3,(H,16,19). The zero-order valence-corrected chi connectivity index (χ0v) is 12.4. The SMILES string of the molecule is CN1CCCC(CN2CC(=O)NC3(CCCC3)C2=O)C1. The van der Waals surface area contributed by atoms with E-state index in [4.69, 9.17) is 0 Å². The van der Waals surface area contributed by atoms with Crippen LogP contribution in [0.4, 0.5) is 0 Å². The monoisotopic (exact) mass is 279 g/mol. The molecule has 1 aliphatic carbocycles. The number of nitrogens with zero attached hydrogens (tertiary/aromatic N) is 2. The van der Waals surface area contributed by atoms with Crippen molar-refractivity contribution >= 4 is 11.8 Å². The summed E-state index contributed by atoms with van der Waals surface area (Å²) in [5.41, 5.74) is -0.560. The van der Waals surface area contributed by atoms with Crippen LogP contribution in [0.15, 0.2) is 0 Å². The summed E-state index contributed by atoms with van der Waals surface area (Å²) in [6, 6.07) is 0. The third kappa shape index (κ3) is 2.55. The molecule has 2 heterocycles. The number of amides is 2. The van der Waals surface area contributed by atoms with Crippen LogP contribution in [-0.4, -0.2) is 60.4 Å². The summed E-state index contributed by atoms with van der Waals surface area (Å²) in [6.45, 7) is 3.19. The van der Waals surface area contributed by atoms with Crippen LogP contribution in [0.1, 0.15) is 38.5 Å². The first kappa shape index (κ1) is 13.9. The molecule has 1 saturated carbocycles. The second kappa shape index (κ2) is 5.35. The Morgan fingerprint density at radius 2 is 2.00 bits per heavy atom. The third-order valence-electron chi connectivity index (χ3n) is 5.07. The molecule has 1 atom stereocenters. The van der Waals surface area contributed by atoms with Crippen LogP contribution in [-0.2, 0) is 9.59 Å². The van der Waals surface area contributed by atoms with Crippen LogP contribution >= 0.6 is 0 Å². The summed E-state index contributed by atoms with van der Waals surface area (Å²) in [7, 11) is 2.13. The number of carbonyl (C=O) groups is 2. The number of hydrogen-bond donors (Lipinski definition) is 1. The fourth-order valence-corrected chi connectivity index (χ4v) is 4.11. The summed E-state index contributed by atoms with van der Waals surface area (Å²) in [5, 5.41) is 2.98. The fourth-order valence-electron chi connectivity index (χ4n) is 4.11. The highest BCUT2D eigenvalue weighted by molar-refractivity contribution is 5.98. The van der Waals surface area contributed by atoms with E-state index in [0.29, 0.717) is 5.92 Å². The summed E-state index contributed by atoms with van der Waals surface area (Å²) in [5.74, 6) is 0.709. The Hall–Kier alpha value is -1.10. The number of hydrogen-bond acceptors (Lipinski definition) is 3. The molecule has 0 aromatic carbocycles. The molecule has 0 aromatic rings. The normalized spacial score (nSPS) is 30.9. The summed E-state index contributed by atoms with van der Waals surface area (Å²) < 4.78 is 0. The van der Waals surface area contributed by atoms with E-state index in [9.17, 15) is 9.59 Å². The van der Waals surface area contributed by atoms with Crippen molar-refractivity contribution in [3.63, 3.8) is 0 Å². The predicted molar refractivity (Wildman–Crippen MR) is 76.1 cm³/mol. The Bertz CT molecular complexity index is 404. The van der Waals surface area contributed by atoms with Crippen LogP contribution in [0, 0.1) is 5.92 Å². The third-order valence-corrected chi connectivity index (χ3v) is 5.07. The molecule has 20 heavy (non-hydrogen) atoms. The lowest BCUT2D eigenvalue weighted by Crippen LogP contribution is -2.66. The van der Waals surface area contributed by atoms with E-state index in [1.807, 2.05) is 4.90 Å². The van der Waals surface area contributed by atoms with Crippen molar-refractivity contribution in [1.29, 1.82) is 0 Å². The topological polar surface area (TPSA) is 52.6 Å². The number of rotatable bonds is 2. The molecule has 1 spiro atoms. The lowest BCUT2D eigenvalue weighted by Gasteiger charge is -2.42. The maximum Gasteiger partial charge on any atom is 0.248 e. The van der Waals surface area contributed by atoms with Gasteiger partial charge in [-0.05, 0) is 45.2 Å². The zero-order valence-electron chi connectivity index (χ0n) is 12.4. The van der Waals surface area contributed by atoms with E-state index in [1.54, 1.807) is 0 Å². The maximum atomic E-state index is 12.7. The molecule has 3 aliphatic rings. The van der Waals surface area contributed by atoms with Gasteiger partial charge < -0.3 is 15.1 Å². The summed E-state index contributed by atoms with van der Waals surface area (Å²) in [4.78, 5) is 28.9. The Morgan fingerprint density at radius 3 is 2.70 bits per heavy atom. The van der Waals surface area contributed by atoms with Gasteiger partial charge in [0.1, 0.15) is 5.54 Å². The highest BCUT2D eigenvalue weighted by Gasteiger charge is 2.48. The summed E-state index contributed by atoms with van der Waals surface area (Å²) in [6.07, 6.45) is 6.10. The van der Waals surface area contributed by atoms with E-state index >= 15 is 0 Å². The lowest BCUT2D eigenvalue weighted by molar-refractivity contribution is -0.150. The smallest absolute Gasteiger partial charge is 0.248 e. The molecule has 3 rings (SSSR count). The number of carbonyl (C=O) groups excluding carboxylic acids is 2. The number of nitrogens with one attached hydrogen (secondary N) is 1. The van der Waals surface area contributed by atoms with Gasteiger partial charge in [0.05, 0.1) is 6.54 Å². The molecule has 112 valence electrons. The Morgan fingerprint density at radius 1 is 1.25 bits per heavy atom. The molecule has 5 nitrogen and oxygen atoms in total. The summed E-state index contributed by atoms with van der Waals surface area (Å²) >= 11 is 0. The van der Waals surface area contributed by atoms with E-state index in [0.717, 1.165) is 45.3 Å². The quantitative estimate of drug-likeness (QED) is 0.805. The average Bonchev–Trinajstić information content (AvgIpc) is 2.85. The number of piperidine rings is 1. The van der Waals surface area contributed by atoms with Crippen LogP contribution in [0.25, 0.3) is 0 Å². The molecule has 2 amide bonds. The molecule has 0 bridgehead atoms. The molecule has 3 fully saturated rings. The molecular formula is C15H25N3O2. The second-order valence-corrected chi connectivity index (χ2v) is 6.79. The largest absolute Gasteiger partial charge is 0.340 e. The van der Waals surface area contributed by atoms with Gasteiger partial charge in [0.2, 0.25) is 11.8 Å². The van der Waals surface area contributed by atoms with Gasteiger partial charge in [-0.3, -0.25) is 9.59 Å². The van der Waals surface area contributed by atoms with E-state index in [-0.39, 0.29) is 18.4 Å². The van der Waals surface area contributed by atoms with Gasteiger partial charge in [-0.25, -0.2) is 0 Å². The van der Waals surface area contributed by atoms with Crippen molar-refractivity contribution < 1.29 is 9.59 Å². The highest BCUT2D eigenvalue weighted by atomic mass is 16.2. The molecule has 0 radical (unpaired) electrons. The minimum absolute atomic E-state index is 0.0238. The first-order valence-electron chi connectivity index (χ1n) is 7.88. The molecule has 2 aliphatic heterocycles. The van der Waals surface area contributed by atoms with E-state index in [2.05, 4.69) is 17.3 Å². The molecule has 2 saturated heterocycles. The van der Waals surface area contributed by atoms with Crippen molar-refractivity contribution in [2.24, 2.45) is 5.92 Å². The second-order valence-electron chi connectivity index (χ2n) is 6.79. The maximum absolute atomic E-state index is 12.7. The Balaban J connectivity index is 1.68. The molecule has 5 heteroatoms.